The largest absolute Gasteiger partial charge is 0.302 e. The van der Waals surface area contributed by atoms with Crippen LogP contribution in [0.2, 0.25) is 0 Å². The molecule has 1 aliphatic rings. The van der Waals surface area contributed by atoms with Gasteiger partial charge in [-0.15, -0.1) is 11.3 Å². The van der Waals surface area contributed by atoms with Crippen LogP contribution in [0.5, 0.6) is 0 Å². The van der Waals surface area contributed by atoms with Crippen molar-refractivity contribution in [3.63, 3.8) is 0 Å². The van der Waals surface area contributed by atoms with Gasteiger partial charge in [-0.2, -0.15) is 0 Å². The summed E-state index contributed by atoms with van der Waals surface area (Å²) in [5.74, 6) is 0.684. The van der Waals surface area contributed by atoms with E-state index in [1.807, 2.05) is 0 Å². The number of rotatable bonds is 1. The summed E-state index contributed by atoms with van der Waals surface area (Å²) >= 11 is 1.64. The summed E-state index contributed by atoms with van der Waals surface area (Å²) in [5, 5.41) is 3.55. The summed E-state index contributed by atoms with van der Waals surface area (Å²) in [6.45, 7) is 8.44. The molecule has 1 aliphatic carbocycles. The lowest BCUT2D eigenvalue weighted by Crippen LogP contribution is -2.26. The lowest BCUT2D eigenvalue weighted by Gasteiger charge is -2.33. The van der Waals surface area contributed by atoms with Gasteiger partial charge < -0.3 is 5.32 Å². The molecular weight excluding hydrogens is 232 g/mol. The van der Waals surface area contributed by atoms with Crippen LogP contribution in [-0.2, 0) is 17.6 Å². The van der Waals surface area contributed by atoms with Crippen LogP contribution in [-0.4, -0.2) is 10.9 Å². The number of hydrogen-bond acceptors (Lipinski definition) is 3. The highest BCUT2D eigenvalue weighted by Gasteiger charge is 2.30. The van der Waals surface area contributed by atoms with Crippen molar-refractivity contribution in [3.8, 4) is 0 Å². The van der Waals surface area contributed by atoms with E-state index in [0.29, 0.717) is 5.41 Å². The van der Waals surface area contributed by atoms with E-state index in [2.05, 4.69) is 31.1 Å². The normalized spacial score (nSPS) is 19.9. The molecule has 0 spiro atoms. The maximum absolute atomic E-state index is 11.0. The van der Waals surface area contributed by atoms with Gasteiger partial charge in [-0.05, 0) is 30.6 Å². The molecule has 1 amide bonds. The second-order valence-corrected chi connectivity index (χ2v) is 6.96. The van der Waals surface area contributed by atoms with Gasteiger partial charge in [0, 0.05) is 11.8 Å². The zero-order chi connectivity index (χ0) is 12.6. The molecule has 4 heteroatoms. The average molecular weight is 252 g/mol. The van der Waals surface area contributed by atoms with E-state index in [-0.39, 0.29) is 5.91 Å². The fourth-order valence-corrected chi connectivity index (χ4v) is 3.45. The Balaban J connectivity index is 2.15. The topological polar surface area (TPSA) is 42.0 Å². The molecule has 0 saturated carbocycles. The number of aromatic nitrogens is 1. The Morgan fingerprint density at radius 2 is 2.18 bits per heavy atom. The van der Waals surface area contributed by atoms with Crippen LogP contribution in [0.1, 0.15) is 44.7 Å². The molecule has 0 aliphatic heterocycles. The molecule has 1 aromatic rings. The van der Waals surface area contributed by atoms with Crippen LogP contribution in [0.4, 0.5) is 5.13 Å². The lowest BCUT2D eigenvalue weighted by atomic mass is 9.73. The van der Waals surface area contributed by atoms with Crippen molar-refractivity contribution in [1.82, 2.24) is 4.98 Å². The number of carbonyl (C=O) groups excluding carboxylic acids is 1. The van der Waals surface area contributed by atoms with Gasteiger partial charge in [-0.3, -0.25) is 4.79 Å². The summed E-state index contributed by atoms with van der Waals surface area (Å²) in [6.07, 6.45) is 3.36. The fourth-order valence-electron chi connectivity index (χ4n) is 2.32. The molecule has 0 radical (unpaired) electrons. The summed E-state index contributed by atoms with van der Waals surface area (Å²) in [7, 11) is 0. The second kappa shape index (κ2) is 4.41. The first-order valence-corrected chi connectivity index (χ1v) is 6.94. The molecule has 1 aromatic heterocycles. The molecule has 0 bridgehead atoms. The molecule has 17 heavy (non-hydrogen) atoms. The van der Waals surface area contributed by atoms with Crippen molar-refractivity contribution < 1.29 is 4.79 Å². The van der Waals surface area contributed by atoms with Gasteiger partial charge >= 0.3 is 0 Å². The van der Waals surface area contributed by atoms with E-state index >= 15 is 0 Å². The van der Waals surface area contributed by atoms with E-state index in [4.69, 9.17) is 0 Å². The van der Waals surface area contributed by atoms with Gasteiger partial charge in [-0.1, -0.05) is 20.8 Å². The molecule has 1 atom stereocenters. The Morgan fingerprint density at radius 1 is 1.47 bits per heavy atom. The SMILES string of the molecule is CC(=O)Nc1nc2c(s1)CC(C(C)(C)C)CC2. The van der Waals surface area contributed by atoms with Gasteiger partial charge in [-0.25, -0.2) is 4.98 Å². The number of anilines is 1. The molecule has 1 heterocycles. The summed E-state index contributed by atoms with van der Waals surface area (Å²) < 4.78 is 0. The highest BCUT2D eigenvalue weighted by molar-refractivity contribution is 7.15. The number of fused-ring (bicyclic) bond motifs is 1. The Hall–Kier alpha value is -0.900. The predicted octanol–water partition coefficient (Wildman–Crippen LogP) is 3.25. The van der Waals surface area contributed by atoms with Crippen LogP contribution < -0.4 is 5.32 Å². The Morgan fingerprint density at radius 3 is 2.76 bits per heavy atom. The first-order valence-electron chi connectivity index (χ1n) is 6.12. The van der Waals surface area contributed by atoms with Crippen LogP contribution in [0, 0.1) is 11.3 Å². The van der Waals surface area contributed by atoms with Gasteiger partial charge in [0.2, 0.25) is 5.91 Å². The van der Waals surface area contributed by atoms with E-state index in [1.165, 1.54) is 23.9 Å². The highest BCUT2D eigenvalue weighted by Crippen LogP contribution is 2.39. The van der Waals surface area contributed by atoms with Crippen LogP contribution in [0.15, 0.2) is 0 Å². The maximum Gasteiger partial charge on any atom is 0.223 e. The van der Waals surface area contributed by atoms with Crippen LogP contribution >= 0.6 is 11.3 Å². The number of nitrogens with zero attached hydrogens (tertiary/aromatic N) is 1. The third kappa shape index (κ3) is 2.86. The van der Waals surface area contributed by atoms with Crippen molar-refractivity contribution in [3.05, 3.63) is 10.6 Å². The Labute approximate surface area is 107 Å². The van der Waals surface area contributed by atoms with E-state index in [1.54, 1.807) is 11.3 Å². The van der Waals surface area contributed by atoms with E-state index < -0.39 is 0 Å². The first-order chi connectivity index (χ1) is 7.86. The highest BCUT2D eigenvalue weighted by atomic mass is 32.1. The monoisotopic (exact) mass is 252 g/mol. The summed E-state index contributed by atoms with van der Waals surface area (Å²) in [4.78, 5) is 16.9. The predicted molar refractivity (Wildman–Crippen MR) is 71.4 cm³/mol. The van der Waals surface area contributed by atoms with Crippen molar-refractivity contribution in [2.24, 2.45) is 11.3 Å². The standard InChI is InChI=1S/C13H20N2OS/c1-8(16)14-12-15-10-6-5-9(13(2,3)4)7-11(10)17-12/h9H,5-7H2,1-4H3,(H,14,15,16). The van der Waals surface area contributed by atoms with Crippen molar-refractivity contribution in [2.45, 2.75) is 47.0 Å². The molecule has 0 saturated heterocycles. The van der Waals surface area contributed by atoms with Crippen LogP contribution in [0.25, 0.3) is 0 Å². The van der Waals surface area contributed by atoms with Crippen molar-refractivity contribution >= 4 is 22.4 Å². The van der Waals surface area contributed by atoms with Gasteiger partial charge in [0.25, 0.3) is 0 Å². The smallest absolute Gasteiger partial charge is 0.223 e. The Bertz CT molecular complexity index is 431. The third-order valence-corrected chi connectivity index (χ3v) is 4.48. The third-order valence-electron chi connectivity index (χ3n) is 3.45. The van der Waals surface area contributed by atoms with E-state index in [9.17, 15) is 4.79 Å². The minimum atomic E-state index is -0.0385. The van der Waals surface area contributed by atoms with Crippen LogP contribution in [0.3, 0.4) is 0 Å². The molecule has 1 unspecified atom stereocenters. The maximum atomic E-state index is 11.0. The number of hydrogen-bond donors (Lipinski definition) is 1. The minimum absolute atomic E-state index is 0.0385. The molecule has 94 valence electrons. The average Bonchev–Trinajstić information content (AvgIpc) is 2.55. The summed E-state index contributed by atoms with van der Waals surface area (Å²) in [6, 6.07) is 0. The Kier molecular flexibility index (Phi) is 3.25. The molecule has 2 rings (SSSR count). The zero-order valence-electron chi connectivity index (χ0n) is 11.0. The minimum Gasteiger partial charge on any atom is -0.302 e. The molecular formula is C13H20N2OS. The van der Waals surface area contributed by atoms with Gasteiger partial charge in [0.1, 0.15) is 0 Å². The number of carbonyl (C=O) groups is 1. The fraction of sp³-hybridized carbons (Fsp3) is 0.692. The molecule has 1 N–H and O–H groups in total. The van der Waals surface area contributed by atoms with Crippen molar-refractivity contribution in [1.29, 1.82) is 0 Å². The van der Waals surface area contributed by atoms with Crippen molar-refractivity contribution in [2.75, 3.05) is 5.32 Å². The number of nitrogens with one attached hydrogen (secondary N) is 1. The first kappa shape index (κ1) is 12.6. The lowest BCUT2D eigenvalue weighted by molar-refractivity contribution is -0.114. The molecule has 3 nitrogen and oxygen atoms in total. The number of aryl methyl sites for hydroxylation is 1. The second-order valence-electron chi connectivity index (χ2n) is 5.88. The van der Waals surface area contributed by atoms with Gasteiger partial charge in [0.15, 0.2) is 5.13 Å². The quantitative estimate of drug-likeness (QED) is 0.833. The number of thiazole rings is 1. The van der Waals surface area contributed by atoms with Gasteiger partial charge in [0.05, 0.1) is 5.69 Å². The molecule has 0 aromatic carbocycles. The summed E-state index contributed by atoms with van der Waals surface area (Å²) in [5.41, 5.74) is 1.55. The number of amides is 1. The van der Waals surface area contributed by atoms with E-state index in [0.717, 1.165) is 23.9 Å². The zero-order valence-corrected chi connectivity index (χ0v) is 11.8. The molecule has 0 fully saturated rings.